The molecule has 1 aliphatic heterocycles. The molecule has 56 valence electrons. The number of hydrogen-bond acceptors (Lipinski definition) is 3. The maximum absolute atomic E-state index is 11.1. The summed E-state index contributed by atoms with van der Waals surface area (Å²) in [5.74, 6) is 0. The average molecular weight is 167 g/mol. The van der Waals surface area contributed by atoms with Gasteiger partial charge in [-0.25, -0.2) is 13.4 Å². The fourth-order valence-electron chi connectivity index (χ4n) is 0.995. The van der Waals surface area contributed by atoms with Crippen molar-refractivity contribution in [2.45, 2.75) is 5.03 Å². The van der Waals surface area contributed by atoms with Crippen LogP contribution < -0.4 is 0 Å². The highest BCUT2D eigenvalue weighted by molar-refractivity contribution is 7.94. The lowest BCUT2D eigenvalue weighted by Crippen LogP contribution is -1.95. The molecule has 1 aromatic rings. The van der Waals surface area contributed by atoms with Crippen molar-refractivity contribution in [3.05, 3.63) is 29.3 Å². The molecule has 0 atom stereocenters. The molecule has 0 fully saturated rings. The Hall–Kier alpha value is -1.16. The number of rotatable bonds is 0. The lowest BCUT2D eigenvalue weighted by Gasteiger charge is -1.93. The molecule has 4 heteroatoms. The first-order chi connectivity index (χ1) is 5.20. The maximum atomic E-state index is 11.1. The number of pyridine rings is 1. The van der Waals surface area contributed by atoms with E-state index in [1.165, 1.54) is 11.6 Å². The van der Waals surface area contributed by atoms with E-state index in [2.05, 4.69) is 4.98 Å². The van der Waals surface area contributed by atoms with Gasteiger partial charge in [-0.1, -0.05) is 6.07 Å². The Labute approximate surface area is 64.3 Å². The van der Waals surface area contributed by atoms with Gasteiger partial charge in [0.05, 0.1) is 0 Å². The molecule has 2 rings (SSSR count). The van der Waals surface area contributed by atoms with Crippen molar-refractivity contribution in [2.24, 2.45) is 0 Å². The first kappa shape index (κ1) is 6.54. The van der Waals surface area contributed by atoms with Crippen LogP contribution >= 0.6 is 0 Å². The molecule has 0 saturated heterocycles. The van der Waals surface area contributed by atoms with Crippen molar-refractivity contribution >= 4 is 15.9 Å². The number of hydrogen-bond donors (Lipinski definition) is 0. The normalized spacial score (nSPS) is 18.2. The van der Waals surface area contributed by atoms with Gasteiger partial charge < -0.3 is 0 Å². The summed E-state index contributed by atoms with van der Waals surface area (Å²) in [6.07, 6.45) is 3.03. The first-order valence-electron chi connectivity index (χ1n) is 3.08. The maximum Gasteiger partial charge on any atom is 0.217 e. The Kier molecular flexibility index (Phi) is 1.14. The standard InChI is InChI=1S/C7H5NO2S/c9-11(10)5-3-6-2-1-4-8-7(6)11/h1-5H. The van der Waals surface area contributed by atoms with E-state index < -0.39 is 9.84 Å². The molecule has 11 heavy (non-hydrogen) atoms. The van der Waals surface area contributed by atoms with E-state index >= 15 is 0 Å². The van der Waals surface area contributed by atoms with Crippen molar-refractivity contribution in [1.82, 2.24) is 4.98 Å². The van der Waals surface area contributed by atoms with E-state index in [0.29, 0.717) is 5.56 Å². The summed E-state index contributed by atoms with van der Waals surface area (Å²) in [5.41, 5.74) is 0.674. The molecule has 0 saturated carbocycles. The lowest BCUT2D eigenvalue weighted by molar-refractivity contribution is 0.602. The second-order valence-corrected chi connectivity index (χ2v) is 3.99. The van der Waals surface area contributed by atoms with Gasteiger partial charge >= 0.3 is 0 Å². The third-order valence-electron chi connectivity index (χ3n) is 1.50. The molecule has 0 bridgehead atoms. The molecule has 0 amide bonds. The third-order valence-corrected chi connectivity index (χ3v) is 2.87. The zero-order valence-corrected chi connectivity index (χ0v) is 6.38. The van der Waals surface area contributed by atoms with Gasteiger partial charge in [-0.3, -0.25) is 0 Å². The highest BCUT2D eigenvalue weighted by Crippen LogP contribution is 2.23. The molecular weight excluding hydrogens is 162 g/mol. The van der Waals surface area contributed by atoms with Crippen LogP contribution in [0.1, 0.15) is 5.56 Å². The first-order valence-corrected chi connectivity index (χ1v) is 4.63. The second-order valence-electron chi connectivity index (χ2n) is 2.25. The molecule has 0 spiro atoms. The van der Waals surface area contributed by atoms with Gasteiger partial charge in [0.1, 0.15) is 0 Å². The van der Waals surface area contributed by atoms with Crippen LogP contribution in [0.4, 0.5) is 0 Å². The average Bonchev–Trinajstić information content (AvgIpc) is 2.29. The fraction of sp³-hybridized carbons (Fsp3) is 0. The van der Waals surface area contributed by atoms with Crippen LogP contribution in [0.2, 0.25) is 0 Å². The van der Waals surface area contributed by atoms with Gasteiger partial charge in [-0.05, 0) is 12.1 Å². The Morgan fingerprint density at radius 2 is 2.18 bits per heavy atom. The molecule has 0 radical (unpaired) electrons. The van der Waals surface area contributed by atoms with Crippen LogP contribution in [0.3, 0.4) is 0 Å². The van der Waals surface area contributed by atoms with Gasteiger partial charge in [0, 0.05) is 17.2 Å². The molecule has 3 nitrogen and oxygen atoms in total. The minimum absolute atomic E-state index is 0.167. The van der Waals surface area contributed by atoms with Gasteiger partial charge in [-0.2, -0.15) is 0 Å². The van der Waals surface area contributed by atoms with Crippen LogP contribution in [0.25, 0.3) is 6.08 Å². The molecule has 0 aromatic carbocycles. The van der Waals surface area contributed by atoms with Gasteiger partial charge in [0.15, 0.2) is 5.03 Å². The number of nitrogens with zero attached hydrogens (tertiary/aromatic N) is 1. The number of aromatic nitrogens is 1. The van der Waals surface area contributed by atoms with E-state index in [-0.39, 0.29) is 5.03 Å². The predicted octanol–water partition coefficient (Wildman–Crippen LogP) is 0.840. The summed E-state index contributed by atoms with van der Waals surface area (Å²) in [6, 6.07) is 3.44. The van der Waals surface area contributed by atoms with Gasteiger partial charge in [-0.15, -0.1) is 0 Å². The highest BCUT2D eigenvalue weighted by atomic mass is 32.2. The van der Waals surface area contributed by atoms with E-state index in [9.17, 15) is 8.42 Å². The zero-order chi connectivity index (χ0) is 7.90. The van der Waals surface area contributed by atoms with Crippen LogP contribution in [-0.2, 0) is 9.84 Å². The van der Waals surface area contributed by atoms with Crippen molar-refractivity contribution in [3.8, 4) is 0 Å². The Bertz CT molecular complexity index is 420. The summed E-state index contributed by atoms with van der Waals surface area (Å²) in [7, 11) is -3.20. The van der Waals surface area contributed by atoms with Crippen molar-refractivity contribution < 1.29 is 8.42 Å². The summed E-state index contributed by atoms with van der Waals surface area (Å²) < 4.78 is 22.2. The van der Waals surface area contributed by atoms with Crippen molar-refractivity contribution in [3.63, 3.8) is 0 Å². The smallest absolute Gasteiger partial charge is 0.217 e. The third kappa shape index (κ3) is 0.867. The Balaban J connectivity index is 2.84. The minimum atomic E-state index is -3.20. The van der Waals surface area contributed by atoms with E-state index in [4.69, 9.17) is 0 Å². The molecule has 1 aromatic heterocycles. The topological polar surface area (TPSA) is 47.0 Å². The van der Waals surface area contributed by atoms with Crippen LogP contribution in [-0.4, -0.2) is 13.4 Å². The molecule has 0 unspecified atom stereocenters. The molecule has 0 N–H and O–H groups in total. The summed E-state index contributed by atoms with van der Waals surface area (Å²) in [6.45, 7) is 0. The number of sulfone groups is 1. The second kappa shape index (κ2) is 1.92. The van der Waals surface area contributed by atoms with Crippen molar-refractivity contribution in [2.75, 3.05) is 0 Å². The number of fused-ring (bicyclic) bond motifs is 1. The quantitative estimate of drug-likeness (QED) is 0.575. The lowest BCUT2D eigenvalue weighted by atomic mass is 10.3. The SMILES string of the molecule is O=S1(=O)C=Cc2cccnc21. The highest BCUT2D eigenvalue weighted by Gasteiger charge is 2.20. The Morgan fingerprint density at radius 3 is 2.91 bits per heavy atom. The summed E-state index contributed by atoms with van der Waals surface area (Å²) in [4.78, 5) is 3.76. The van der Waals surface area contributed by atoms with Crippen LogP contribution in [0.5, 0.6) is 0 Å². The largest absolute Gasteiger partial charge is 0.244 e. The van der Waals surface area contributed by atoms with Gasteiger partial charge in [0.2, 0.25) is 9.84 Å². The van der Waals surface area contributed by atoms with E-state index in [1.54, 1.807) is 18.2 Å². The molecule has 1 aliphatic rings. The molecular formula is C7H5NO2S. The molecule has 2 heterocycles. The summed E-state index contributed by atoms with van der Waals surface area (Å²) in [5, 5.41) is 1.34. The van der Waals surface area contributed by atoms with E-state index in [0.717, 1.165) is 0 Å². The van der Waals surface area contributed by atoms with E-state index in [1.807, 2.05) is 0 Å². The summed E-state index contributed by atoms with van der Waals surface area (Å²) >= 11 is 0. The van der Waals surface area contributed by atoms with Gasteiger partial charge in [0.25, 0.3) is 0 Å². The van der Waals surface area contributed by atoms with Crippen LogP contribution in [0, 0.1) is 0 Å². The van der Waals surface area contributed by atoms with Crippen molar-refractivity contribution in [1.29, 1.82) is 0 Å². The monoisotopic (exact) mass is 167 g/mol. The van der Waals surface area contributed by atoms with Crippen LogP contribution in [0.15, 0.2) is 28.8 Å². The molecule has 0 aliphatic carbocycles. The zero-order valence-electron chi connectivity index (χ0n) is 5.56. The Morgan fingerprint density at radius 1 is 1.36 bits per heavy atom. The minimum Gasteiger partial charge on any atom is -0.244 e. The fourth-order valence-corrected chi connectivity index (χ4v) is 2.12. The predicted molar refractivity (Wildman–Crippen MR) is 40.5 cm³/mol.